The average molecular weight is 214 g/mol. The van der Waals surface area contributed by atoms with Crippen LogP contribution in [-0.2, 0) is 14.2 Å². The van der Waals surface area contributed by atoms with Crippen molar-refractivity contribution in [1.82, 2.24) is 0 Å². The van der Waals surface area contributed by atoms with Crippen molar-refractivity contribution < 1.29 is 14.2 Å². The lowest BCUT2D eigenvalue weighted by atomic mass is 9.82. The Balaban J connectivity index is 3.89. The molecule has 77 valence electrons. The summed E-state index contributed by atoms with van der Waals surface area (Å²) >= 11 is 1.55. The van der Waals surface area contributed by atoms with Crippen LogP contribution in [0.25, 0.3) is 0 Å². The Kier molecular flexibility index (Phi) is 8.12. The van der Waals surface area contributed by atoms with Gasteiger partial charge >= 0.3 is 13.5 Å². The van der Waals surface area contributed by atoms with E-state index < -0.39 is 5.82 Å². The Morgan fingerprint density at radius 2 is 2.50 bits per heavy atom. The predicted molar refractivity (Wildman–Crippen MR) is 58.9 cm³/mol. The molecule has 0 aromatic rings. The van der Waals surface area contributed by atoms with Gasteiger partial charge in [0.15, 0.2) is 0 Å². The number of methoxy groups -OCH3 is 1. The minimum atomic E-state index is -0.438. The van der Waals surface area contributed by atoms with E-state index in [1.54, 1.807) is 17.8 Å². The van der Waals surface area contributed by atoms with Crippen LogP contribution in [0.1, 0.15) is 0 Å². The summed E-state index contributed by atoms with van der Waals surface area (Å²) < 4.78 is 9.20. The van der Waals surface area contributed by atoms with E-state index in [0.717, 1.165) is 12.2 Å². The van der Waals surface area contributed by atoms with Gasteiger partial charge in [-0.1, -0.05) is 6.08 Å². The zero-order valence-corrected chi connectivity index (χ0v) is 8.88. The molecule has 0 aromatic carbocycles. The Bertz CT molecular complexity index is 201. The Morgan fingerprint density at radius 1 is 1.79 bits per heavy atom. The van der Waals surface area contributed by atoms with Gasteiger partial charge in [0.2, 0.25) is 0 Å². The molecule has 0 aromatic heterocycles. The van der Waals surface area contributed by atoms with Gasteiger partial charge in [0, 0.05) is 11.5 Å². The number of ether oxygens (including phenoxy) is 1. The molecule has 6 heteroatoms. The van der Waals surface area contributed by atoms with Crippen molar-refractivity contribution >= 4 is 31.6 Å². The molecule has 0 unspecified atom stereocenters. The third kappa shape index (κ3) is 5.69. The normalized spacial score (nSPS) is 11.2. The van der Waals surface area contributed by atoms with Crippen LogP contribution in [0.4, 0.5) is 0 Å². The van der Waals surface area contributed by atoms with E-state index in [-0.39, 0.29) is 5.97 Å². The van der Waals surface area contributed by atoms with Crippen LogP contribution in [-0.4, -0.2) is 38.5 Å². The van der Waals surface area contributed by atoms with Crippen molar-refractivity contribution in [3.8, 4) is 0 Å². The summed E-state index contributed by atoms with van der Waals surface area (Å²) in [5.74, 6) is 0.535. The highest BCUT2D eigenvalue weighted by molar-refractivity contribution is 7.99. The van der Waals surface area contributed by atoms with Crippen LogP contribution >= 0.6 is 11.8 Å². The SMILES string of the molecule is C=CCSC[C@H]([B]OC=N)C(=O)OC. The van der Waals surface area contributed by atoms with Gasteiger partial charge in [-0.05, 0) is 0 Å². The van der Waals surface area contributed by atoms with Crippen molar-refractivity contribution in [1.29, 1.82) is 5.41 Å². The maximum Gasteiger partial charge on any atom is 0.387 e. The first-order valence-corrected chi connectivity index (χ1v) is 5.16. The van der Waals surface area contributed by atoms with E-state index >= 15 is 0 Å². The van der Waals surface area contributed by atoms with Gasteiger partial charge in [-0.3, -0.25) is 10.2 Å². The molecule has 0 fully saturated rings. The largest absolute Gasteiger partial charge is 0.555 e. The summed E-state index contributed by atoms with van der Waals surface area (Å²) in [6.07, 6.45) is 2.53. The molecule has 0 spiro atoms. The second-order valence-corrected chi connectivity index (χ2v) is 3.42. The van der Waals surface area contributed by atoms with Crippen molar-refractivity contribution in [2.24, 2.45) is 0 Å². The summed E-state index contributed by atoms with van der Waals surface area (Å²) in [7, 11) is 2.63. The van der Waals surface area contributed by atoms with E-state index in [2.05, 4.69) is 16.0 Å². The summed E-state index contributed by atoms with van der Waals surface area (Å²) in [6.45, 7) is 3.57. The smallest absolute Gasteiger partial charge is 0.387 e. The van der Waals surface area contributed by atoms with Crippen LogP contribution in [0.2, 0.25) is 5.82 Å². The molecule has 0 aliphatic carbocycles. The van der Waals surface area contributed by atoms with Gasteiger partial charge in [-0.15, -0.1) is 6.58 Å². The van der Waals surface area contributed by atoms with E-state index in [9.17, 15) is 4.79 Å². The van der Waals surface area contributed by atoms with Gasteiger partial charge in [0.25, 0.3) is 0 Å². The summed E-state index contributed by atoms with van der Waals surface area (Å²) in [4.78, 5) is 11.2. The fraction of sp³-hybridized carbons (Fsp3) is 0.500. The maximum atomic E-state index is 11.2. The van der Waals surface area contributed by atoms with Gasteiger partial charge < -0.3 is 9.39 Å². The fourth-order valence-electron chi connectivity index (χ4n) is 0.727. The van der Waals surface area contributed by atoms with Crippen LogP contribution in [0.5, 0.6) is 0 Å². The zero-order valence-electron chi connectivity index (χ0n) is 8.06. The van der Waals surface area contributed by atoms with Crippen molar-refractivity contribution in [2.75, 3.05) is 18.6 Å². The number of carbonyl (C=O) groups is 1. The monoisotopic (exact) mass is 214 g/mol. The lowest BCUT2D eigenvalue weighted by Gasteiger charge is -2.10. The lowest BCUT2D eigenvalue weighted by molar-refractivity contribution is -0.140. The highest BCUT2D eigenvalue weighted by atomic mass is 32.2. The predicted octanol–water partition coefficient (Wildman–Crippen LogP) is 1.11. The molecule has 4 nitrogen and oxygen atoms in total. The highest BCUT2D eigenvalue weighted by Crippen LogP contribution is 2.14. The molecule has 0 bridgehead atoms. The van der Waals surface area contributed by atoms with E-state index in [1.807, 2.05) is 0 Å². The van der Waals surface area contributed by atoms with Gasteiger partial charge in [0.1, 0.15) is 6.40 Å². The van der Waals surface area contributed by atoms with Crippen molar-refractivity contribution in [2.45, 2.75) is 5.82 Å². The molecule has 0 aliphatic heterocycles. The number of esters is 1. The number of hydrogen-bond donors (Lipinski definition) is 1. The molecule has 0 saturated carbocycles. The zero-order chi connectivity index (χ0) is 10.8. The topological polar surface area (TPSA) is 59.4 Å². The van der Waals surface area contributed by atoms with Gasteiger partial charge in [-0.2, -0.15) is 11.8 Å². The second-order valence-electron chi connectivity index (χ2n) is 2.35. The van der Waals surface area contributed by atoms with Crippen molar-refractivity contribution in [3.05, 3.63) is 12.7 Å². The first-order chi connectivity index (χ1) is 6.76. The highest BCUT2D eigenvalue weighted by Gasteiger charge is 2.22. The minimum absolute atomic E-state index is 0.358. The molecule has 1 atom stereocenters. The number of rotatable bonds is 8. The van der Waals surface area contributed by atoms with Gasteiger partial charge in [-0.25, -0.2) is 0 Å². The number of nitrogens with one attached hydrogen (secondary N) is 1. The summed E-state index contributed by atoms with van der Waals surface area (Å²) in [5.41, 5.74) is 0. The summed E-state index contributed by atoms with van der Waals surface area (Å²) in [6, 6.07) is 0. The standard InChI is InChI=1S/C8H13BNO3S/c1-3-4-14-5-7(8(11)12-2)9-13-6-10/h3,6-7,10H,1,4-5H2,2H3/t7-/m0/s1. The van der Waals surface area contributed by atoms with Crippen LogP contribution in [0, 0.1) is 5.41 Å². The summed E-state index contributed by atoms with van der Waals surface area (Å²) in [5, 5.41) is 6.65. The van der Waals surface area contributed by atoms with Crippen LogP contribution < -0.4 is 0 Å². The average Bonchev–Trinajstić information content (AvgIpc) is 2.22. The number of thioether (sulfide) groups is 1. The first-order valence-electron chi connectivity index (χ1n) is 4.00. The first kappa shape index (κ1) is 13.1. The van der Waals surface area contributed by atoms with E-state index in [4.69, 9.17) is 5.41 Å². The molecule has 0 amide bonds. The van der Waals surface area contributed by atoms with E-state index in [1.165, 1.54) is 14.6 Å². The molecule has 0 heterocycles. The third-order valence-electron chi connectivity index (χ3n) is 1.35. The lowest BCUT2D eigenvalue weighted by Crippen LogP contribution is -2.21. The third-order valence-corrected chi connectivity index (χ3v) is 2.41. The van der Waals surface area contributed by atoms with Gasteiger partial charge in [0.05, 0.1) is 12.9 Å². The quantitative estimate of drug-likeness (QED) is 0.164. The Morgan fingerprint density at radius 3 is 3.00 bits per heavy atom. The molecular weight excluding hydrogens is 201 g/mol. The molecule has 1 N–H and O–H groups in total. The molecule has 1 radical (unpaired) electrons. The minimum Gasteiger partial charge on any atom is -0.555 e. The Hall–Kier alpha value is -0.905. The molecule has 0 saturated heterocycles. The molecule has 0 rings (SSSR count). The fourth-order valence-corrected chi connectivity index (χ4v) is 1.50. The van der Waals surface area contributed by atoms with Crippen LogP contribution in [0.15, 0.2) is 12.7 Å². The number of hydrogen-bond acceptors (Lipinski definition) is 5. The maximum absolute atomic E-state index is 11.2. The molecule has 14 heavy (non-hydrogen) atoms. The van der Waals surface area contributed by atoms with Crippen LogP contribution in [0.3, 0.4) is 0 Å². The molecule has 0 aliphatic rings. The van der Waals surface area contributed by atoms with E-state index in [0.29, 0.717) is 5.75 Å². The number of carbonyl (C=O) groups excluding carboxylic acids is 1. The Labute approximate surface area is 88.8 Å². The second kappa shape index (κ2) is 8.68. The van der Waals surface area contributed by atoms with Crippen molar-refractivity contribution in [3.63, 3.8) is 0 Å². The molecular formula is C8H13BNO3S.